The van der Waals surface area contributed by atoms with Gasteiger partial charge in [0, 0.05) is 23.9 Å². The molecule has 25 heavy (non-hydrogen) atoms. The van der Waals surface area contributed by atoms with Crippen molar-refractivity contribution >= 4 is 12.2 Å². The second-order valence-corrected chi connectivity index (χ2v) is 6.41. The van der Waals surface area contributed by atoms with E-state index in [-0.39, 0.29) is 0 Å². The number of aromatic nitrogens is 1. The number of nitrogens with zero attached hydrogens (tertiary/aromatic N) is 3. The SMILES string of the molecule is COc1ccc(CN(C)Cn2c(C)cc(C)c(C#N)c2=S)c(OC)c1. The molecule has 0 N–H and O–H groups in total. The van der Waals surface area contributed by atoms with Gasteiger partial charge in [-0.15, -0.1) is 0 Å². The Morgan fingerprint density at radius 3 is 2.52 bits per heavy atom. The van der Waals surface area contributed by atoms with Crippen LogP contribution in [0, 0.1) is 29.8 Å². The van der Waals surface area contributed by atoms with Crippen LogP contribution in [0.5, 0.6) is 11.5 Å². The molecule has 0 saturated carbocycles. The van der Waals surface area contributed by atoms with Crippen LogP contribution in [0.2, 0.25) is 0 Å². The molecule has 0 aliphatic rings. The van der Waals surface area contributed by atoms with Crippen LogP contribution in [0.15, 0.2) is 24.3 Å². The van der Waals surface area contributed by atoms with Gasteiger partial charge in [0.1, 0.15) is 22.2 Å². The predicted octanol–water partition coefficient (Wildman–Crippen LogP) is 3.81. The third-order valence-electron chi connectivity index (χ3n) is 4.13. The summed E-state index contributed by atoms with van der Waals surface area (Å²) in [5.41, 5.74) is 3.58. The van der Waals surface area contributed by atoms with E-state index in [9.17, 15) is 5.26 Å². The molecule has 0 amide bonds. The molecular formula is C19H23N3O2S. The Bertz CT molecular complexity index is 868. The molecule has 5 nitrogen and oxygen atoms in total. The minimum absolute atomic E-state index is 0.566. The quantitative estimate of drug-likeness (QED) is 0.736. The third kappa shape index (κ3) is 4.19. The standard InChI is InChI=1S/C19H23N3O2S/c1-13-8-14(2)22(19(25)17(13)10-20)12-21(3)11-15-6-7-16(23-4)9-18(15)24-5/h6-9H,11-12H2,1-5H3. The molecule has 2 aromatic rings. The van der Waals surface area contributed by atoms with Crippen LogP contribution in [-0.2, 0) is 13.2 Å². The van der Waals surface area contributed by atoms with Gasteiger partial charge in [0.15, 0.2) is 0 Å². The van der Waals surface area contributed by atoms with Crippen molar-refractivity contribution in [3.05, 3.63) is 51.3 Å². The van der Waals surface area contributed by atoms with Gasteiger partial charge >= 0.3 is 0 Å². The molecule has 0 bridgehead atoms. The predicted molar refractivity (Wildman–Crippen MR) is 100 cm³/mol. The zero-order chi connectivity index (χ0) is 18.6. The summed E-state index contributed by atoms with van der Waals surface area (Å²) in [5.74, 6) is 1.55. The molecule has 1 aromatic heterocycles. The third-order valence-corrected chi connectivity index (χ3v) is 4.56. The van der Waals surface area contributed by atoms with Gasteiger partial charge in [0.25, 0.3) is 0 Å². The second kappa shape index (κ2) is 8.15. The summed E-state index contributed by atoms with van der Waals surface area (Å²) < 4.78 is 13.3. The van der Waals surface area contributed by atoms with Gasteiger partial charge in [-0.1, -0.05) is 18.3 Å². The molecule has 2 rings (SSSR count). The smallest absolute Gasteiger partial charge is 0.127 e. The maximum absolute atomic E-state index is 9.33. The van der Waals surface area contributed by atoms with E-state index in [1.807, 2.05) is 49.7 Å². The van der Waals surface area contributed by atoms with Crippen molar-refractivity contribution in [3.63, 3.8) is 0 Å². The fourth-order valence-electron chi connectivity index (χ4n) is 2.80. The highest BCUT2D eigenvalue weighted by Gasteiger charge is 2.11. The molecule has 0 radical (unpaired) electrons. The first kappa shape index (κ1) is 19.0. The average molecular weight is 357 g/mol. The lowest BCUT2D eigenvalue weighted by Gasteiger charge is -2.22. The van der Waals surface area contributed by atoms with Crippen LogP contribution in [0.4, 0.5) is 0 Å². The molecule has 0 unspecified atom stereocenters. The van der Waals surface area contributed by atoms with Gasteiger partial charge in [-0.25, -0.2) is 0 Å². The van der Waals surface area contributed by atoms with E-state index in [4.69, 9.17) is 21.7 Å². The molecule has 0 aliphatic heterocycles. The summed E-state index contributed by atoms with van der Waals surface area (Å²) in [6.45, 7) is 5.20. The van der Waals surface area contributed by atoms with Crippen molar-refractivity contribution in [2.24, 2.45) is 0 Å². The molecular weight excluding hydrogens is 334 g/mol. The zero-order valence-corrected chi connectivity index (χ0v) is 16.1. The summed E-state index contributed by atoms with van der Waals surface area (Å²) in [4.78, 5) is 2.13. The Balaban J connectivity index is 2.26. The average Bonchev–Trinajstić information content (AvgIpc) is 2.59. The van der Waals surface area contributed by atoms with Gasteiger partial charge in [0.2, 0.25) is 0 Å². The highest BCUT2D eigenvalue weighted by atomic mass is 32.1. The lowest BCUT2D eigenvalue weighted by molar-refractivity contribution is 0.251. The fourth-order valence-corrected chi connectivity index (χ4v) is 3.21. The van der Waals surface area contributed by atoms with Crippen molar-refractivity contribution in [1.82, 2.24) is 9.47 Å². The number of benzene rings is 1. The maximum Gasteiger partial charge on any atom is 0.127 e. The minimum atomic E-state index is 0.566. The zero-order valence-electron chi connectivity index (χ0n) is 15.3. The lowest BCUT2D eigenvalue weighted by Crippen LogP contribution is -2.24. The van der Waals surface area contributed by atoms with E-state index in [0.29, 0.717) is 23.4 Å². The van der Waals surface area contributed by atoms with E-state index in [1.54, 1.807) is 14.2 Å². The summed E-state index contributed by atoms with van der Waals surface area (Å²) in [7, 11) is 5.30. The minimum Gasteiger partial charge on any atom is -0.497 e. The monoisotopic (exact) mass is 357 g/mol. The van der Waals surface area contributed by atoms with E-state index in [1.165, 1.54) is 0 Å². The molecule has 0 aliphatic carbocycles. The Hall–Kier alpha value is -2.36. The summed E-state index contributed by atoms with van der Waals surface area (Å²) in [6, 6.07) is 9.99. The number of methoxy groups -OCH3 is 2. The molecule has 0 atom stereocenters. The fraction of sp³-hybridized carbons (Fsp3) is 0.368. The summed E-state index contributed by atoms with van der Waals surface area (Å²) >= 11 is 5.50. The molecule has 0 saturated heterocycles. The topological polar surface area (TPSA) is 50.4 Å². The van der Waals surface area contributed by atoms with Gasteiger partial charge in [-0.3, -0.25) is 4.90 Å². The van der Waals surface area contributed by atoms with Gasteiger partial charge < -0.3 is 14.0 Å². The molecule has 0 spiro atoms. The van der Waals surface area contributed by atoms with Crippen LogP contribution in [-0.4, -0.2) is 30.7 Å². The van der Waals surface area contributed by atoms with Crippen LogP contribution < -0.4 is 9.47 Å². The van der Waals surface area contributed by atoms with Gasteiger partial charge in [0.05, 0.1) is 26.5 Å². The van der Waals surface area contributed by atoms with Crippen LogP contribution in [0.25, 0.3) is 0 Å². The first-order valence-corrected chi connectivity index (χ1v) is 8.32. The largest absolute Gasteiger partial charge is 0.497 e. The Labute approximate surface area is 154 Å². The Morgan fingerprint density at radius 1 is 1.20 bits per heavy atom. The van der Waals surface area contributed by atoms with Crippen molar-refractivity contribution < 1.29 is 9.47 Å². The number of aryl methyl sites for hydroxylation is 2. The normalized spacial score (nSPS) is 10.6. The Morgan fingerprint density at radius 2 is 1.92 bits per heavy atom. The summed E-state index contributed by atoms with van der Waals surface area (Å²) in [6.07, 6.45) is 0. The van der Waals surface area contributed by atoms with Crippen LogP contribution >= 0.6 is 12.2 Å². The highest BCUT2D eigenvalue weighted by molar-refractivity contribution is 7.71. The van der Waals surface area contributed by atoms with E-state index >= 15 is 0 Å². The van der Waals surface area contributed by atoms with E-state index in [2.05, 4.69) is 11.0 Å². The molecule has 1 heterocycles. The van der Waals surface area contributed by atoms with E-state index in [0.717, 1.165) is 28.3 Å². The molecule has 132 valence electrons. The lowest BCUT2D eigenvalue weighted by atomic mass is 10.1. The number of hydrogen-bond donors (Lipinski definition) is 0. The van der Waals surface area contributed by atoms with E-state index < -0.39 is 0 Å². The van der Waals surface area contributed by atoms with Crippen molar-refractivity contribution in [2.75, 3.05) is 21.3 Å². The Kier molecular flexibility index (Phi) is 6.18. The number of rotatable bonds is 6. The summed E-state index contributed by atoms with van der Waals surface area (Å²) in [5, 5.41) is 9.33. The number of ether oxygens (including phenoxy) is 2. The molecule has 0 fully saturated rings. The van der Waals surface area contributed by atoms with Crippen LogP contribution in [0.3, 0.4) is 0 Å². The maximum atomic E-state index is 9.33. The number of pyridine rings is 1. The van der Waals surface area contributed by atoms with Gasteiger partial charge in [-0.05, 0) is 38.6 Å². The van der Waals surface area contributed by atoms with Gasteiger partial charge in [-0.2, -0.15) is 5.26 Å². The number of nitriles is 1. The second-order valence-electron chi connectivity index (χ2n) is 6.02. The highest BCUT2D eigenvalue weighted by Crippen LogP contribution is 2.25. The first-order valence-electron chi connectivity index (χ1n) is 7.91. The number of hydrogen-bond acceptors (Lipinski definition) is 5. The van der Waals surface area contributed by atoms with Crippen molar-refractivity contribution in [1.29, 1.82) is 5.26 Å². The molecule has 6 heteroatoms. The van der Waals surface area contributed by atoms with Crippen LogP contribution in [0.1, 0.15) is 22.4 Å². The molecule has 1 aromatic carbocycles. The van der Waals surface area contributed by atoms with Crippen molar-refractivity contribution in [3.8, 4) is 17.6 Å². The van der Waals surface area contributed by atoms with Crippen molar-refractivity contribution in [2.45, 2.75) is 27.1 Å². The first-order chi connectivity index (χ1) is 11.9.